The van der Waals surface area contributed by atoms with Gasteiger partial charge in [-0.15, -0.1) is 0 Å². The van der Waals surface area contributed by atoms with E-state index in [0.29, 0.717) is 33.5 Å². The second-order valence-corrected chi connectivity index (χ2v) is 5.96. The molecule has 4 nitrogen and oxygen atoms in total. The van der Waals surface area contributed by atoms with E-state index in [4.69, 9.17) is 21.6 Å². The van der Waals surface area contributed by atoms with Gasteiger partial charge < -0.3 is 10.1 Å². The molecule has 1 fully saturated rings. The molecule has 2 heterocycles. The number of halogens is 2. The number of rotatable bonds is 0. The molecule has 1 N–H and O–H groups in total. The maximum Gasteiger partial charge on any atom is 0.143 e. The summed E-state index contributed by atoms with van der Waals surface area (Å²) in [6.45, 7) is 4.31. The lowest BCUT2D eigenvalue weighted by Gasteiger charge is -2.33. The van der Waals surface area contributed by atoms with E-state index in [0.717, 1.165) is 31.7 Å². The summed E-state index contributed by atoms with van der Waals surface area (Å²) < 4.78 is 6.49. The van der Waals surface area contributed by atoms with Crippen molar-refractivity contribution < 1.29 is 4.74 Å². The second kappa shape index (κ2) is 5.29. The van der Waals surface area contributed by atoms with Crippen LogP contribution in [0, 0.1) is 11.3 Å². The Hall–Kier alpha value is -0.800. The summed E-state index contributed by atoms with van der Waals surface area (Å²) in [5.74, 6) is 0.710. The van der Waals surface area contributed by atoms with Gasteiger partial charge in [-0.1, -0.05) is 11.6 Å². The topological polar surface area (TPSA) is 48.3 Å². The van der Waals surface area contributed by atoms with Crippen LogP contribution in [-0.2, 0) is 6.54 Å². The molecule has 0 aliphatic carbocycles. The van der Waals surface area contributed by atoms with Crippen molar-refractivity contribution in [2.45, 2.75) is 12.6 Å². The number of ether oxygens (including phenoxy) is 1. The molecule has 2 aliphatic rings. The molecular formula is C13H13BrClN3O. The van der Waals surface area contributed by atoms with Crippen molar-refractivity contribution in [3.05, 3.63) is 26.7 Å². The molecule has 0 bridgehead atoms. The molecule has 0 spiro atoms. The number of piperazine rings is 1. The first-order valence-corrected chi connectivity index (χ1v) is 7.36. The summed E-state index contributed by atoms with van der Waals surface area (Å²) in [5, 5.41) is 13.0. The number of nitriles is 1. The van der Waals surface area contributed by atoms with Gasteiger partial charge in [-0.2, -0.15) is 5.26 Å². The summed E-state index contributed by atoms with van der Waals surface area (Å²) in [6.07, 6.45) is 0. The lowest BCUT2D eigenvalue weighted by molar-refractivity contribution is 0.120. The highest BCUT2D eigenvalue weighted by molar-refractivity contribution is 9.10. The van der Waals surface area contributed by atoms with Crippen LogP contribution in [-0.4, -0.2) is 37.2 Å². The Morgan fingerprint density at radius 2 is 2.42 bits per heavy atom. The van der Waals surface area contributed by atoms with Gasteiger partial charge >= 0.3 is 0 Å². The fraction of sp³-hybridized carbons (Fsp3) is 0.462. The Morgan fingerprint density at radius 3 is 3.21 bits per heavy atom. The van der Waals surface area contributed by atoms with E-state index in [-0.39, 0.29) is 0 Å². The second-order valence-electron chi connectivity index (χ2n) is 4.79. The molecule has 0 radical (unpaired) electrons. The van der Waals surface area contributed by atoms with E-state index < -0.39 is 0 Å². The van der Waals surface area contributed by atoms with E-state index in [9.17, 15) is 0 Å². The Kier molecular flexibility index (Phi) is 3.68. The van der Waals surface area contributed by atoms with Gasteiger partial charge in [0.25, 0.3) is 0 Å². The van der Waals surface area contributed by atoms with Crippen LogP contribution in [0.15, 0.2) is 10.5 Å². The molecule has 1 aromatic carbocycles. The fourth-order valence-corrected chi connectivity index (χ4v) is 3.25. The standard InChI is InChI=1S/C13H13BrClN3O/c14-11-8(4-16)3-9-6-18-2-1-17-5-10(18)7-19-13(9)12(11)15/h3,10,17H,1-2,5-7H2/t10-/m1/s1. The minimum atomic E-state index is 0.363. The van der Waals surface area contributed by atoms with E-state index in [1.165, 1.54) is 0 Å². The van der Waals surface area contributed by atoms with E-state index in [1.54, 1.807) is 0 Å². The predicted octanol–water partition coefficient (Wildman–Crippen LogP) is 2.14. The number of hydrogen-bond acceptors (Lipinski definition) is 4. The first-order valence-electron chi connectivity index (χ1n) is 6.19. The van der Waals surface area contributed by atoms with E-state index in [1.807, 2.05) is 6.07 Å². The SMILES string of the molecule is N#Cc1cc2c(c(Cl)c1Br)OC[C@H]1CNCCN1C2. The molecule has 1 aromatic rings. The minimum Gasteiger partial charge on any atom is -0.490 e. The van der Waals surface area contributed by atoms with Gasteiger partial charge in [0.15, 0.2) is 0 Å². The summed E-state index contributed by atoms with van der Waals surface area (Å²) >= 11 is 9.67. The largest absolute Gasteiger partial charge is 0.490 e. The summed E-state index contributed by atoms with van der Waals surface area (Å²) in [5.41, 5.74) is 1.55. The highest BCUT2D eigenvalue weighted by atomic mass is 79.9. The Bertz CT molecular complexity index is 558. The Labute approximate surface area is 125 Å². The number of hydrogen-bond donors (Lipinski definition) is 1. The number of nitrogens with one attached hydrogen (secondary N) is 1. The Morgan fingerprint density at radius 1 is 1.58 bits per heavy atom. The van der Waals surface area contributed by atoms with Gasteiger partial charge in [0, 0.05) is 31.7 Å². The molecule has 0 saturated carbocycles. The van der Waals surface area contributed by atoms with Crippen molar-refractivity contribution in [1.29, 1.82) is 5.26 Å². The van der Waals surface area contributed by atoms with Gasteiger partial charge in [0.2, 0.25) is 0 Å². The quantitative estimate of drug-likeness (QED) is 0.785. The van der Waals surface area contributed by atoms with E-state index in [2.05, 4.69) is 32.2 Å². The molecule has 0 unspecified atom stereocenters. The fourth-order valence-electron chi connectivity index (χ4n) is 2.59. The van der Waals surface area contributed by atoms with Crippen LogP contribution in [0.3, 0.4) is 0 Å². The Balaban J connectivity index is 2.03. The van der Waals surface area contributed by atoms with E-state index >= 15 is 0 Å². The molecule has 3 rings (SSSR count). The lowest BCUT2D eigenvalue weighted by atomic mass is 10.1. The van der Waals surface area contributed by atoms with Crippen LogP contribution in [0.2, 0.25) is 5.02 Å². The normalized spacial score (nSPS) is 22.7. The lowest BCUT2D eigenvalue weighted by Crippen LogP contribution is -2.52. The molecule has 100 valence electrons. The zero-order chi connectivity index (χ0) is 13.4. The average Bonchev–Trinajstić information content (AvgIpc) is 2.61. The third-order valence-corrected chi connectivity index (χ3v) is 5.04. The summed E-state index contributed by atoms with van der Waals surface area (Å²) in [6, 6.07) is 4.39. The monoisotopic (exact) mass is 341 g/mol. The van der Waals surface area contributed by atoms with Crippen LogP contribution in [0.5, 0.6) is 5.75 Å². The molecule has 19 heavy (non-hydrogen) atoms. The van der Waals surface area contributed by atoms with Crippen molar-refractivity contribution in [2.24, 2.45) is 0 Å². The third kappa shape index (κ3) is 2.34. The van der Waals surface area contributed by atoms with Gasteiger partial charge in [0.05, 0.1) is 21.1 Å². The average molecular weight is 343 g/mol. The van der Waals surface area contributed by atoms with Crippen molar-refractivity contribution >= 4 is 27.5 Å². The van der Waals surface area contributed by atoms with Crippen LogP contribution in [0.4, 0.5) is 0 Å². The zero-order valence-corrected chi connectivity index (χ0v) is 12.6. The highest BCUT2D eigenvalue weighted by Crippen LogP contribution is 2.40. The first-order chi connectivity index (χ1) is 9.20. The molecule has 6 heteroatoms. The number of benzene rings is 1. The van der Waals surface area contributed by atoms with Gasteiger partial charge in [0.1, 0.15) is 18.4 Å². The minimum absolute atomic E-state index is 0.363. The maximum atomic E-state index is 9.14. The van der Waals surface area contributed by atoms with Gasteiger partial charge in [-0.05, 0) is 22.0 Å². The number of fused-ring (bicyclic) bond motifs is 2. The van der Waals surface area contributed by atoms with Crippen molar-refractivity contribution in [3.8, 4) is 11.8 Å². The van der Waals surface area contributed by atoms with Crippen LogP contribution >= 0.6 is 27.5 Å². The van der Waals surface area contributed by atoms with Crippen molar-refractivity contribution in [2.75, 3.05) is 26.2 Å². The predicted molar refractivity (Wildman–Crippen MR) is 76.4 cm³/mol. The van der Waals surface area contributed by atoms with Crippen LogP contribution in [0.1, 0.15) is 11.1 Å². The molecular weight excluding hydrogens is 330 g/mol. The zero-order valence-electron chi connectivity index (χ0n) is 10.2. The van der Waals surface area contributed by atoms with Gasteiger partial charge in [-0.3, -0.25) is 4.90 Å². The third-order valence-electron chi connectivity index (χ3n) is 3.62. The van der Waals surface area contributed by atoms with Crippen LogP contribution in [0.25, 0.3) is 0 Å². The van der Waals surface area contributed by atoms with Crippen molar-refractivity contribution in [3.63, 3.8) is 0 Å². The maximum absolute atomic E-state index is 9.14. The summed E-state index contributed by atoms with van der Waals surface area (Å²) in [7, 11) is 0. The first kappa shape index (κ1) is 13.2. The number of nitrogens with zero attached hydrogens (tertiary/aromatic N) is 2. The van der Waals surface area contributed by atoms with Crippen LogP contribution < -0.4 is 10.1 Å². The molecule has 0 aromatic heterocycles. The van der Waals surface area contributed by atoms with Crippen molar-refractivity contribution in [1.82, 2.24) is 10.2 Å². The smallest absolute Gasteiger partial charge is 0.143 e. The van der Waals surface area contributed by atoms with Gasteiger partial charge in [-0.25, -0.2) is 0 Å². The molecule has 1 atom stereocenters. The molecule has 0 amide bonds. The molecule has 1 saturated heterocycles. The highest BCUT2D eigenvalue weighted by Gasteiger charge is 2.29. The molecule has 2 aliphatic heterocycles. The summed E-state index contributed by atoms with van der Waals surface area (Å²) in [4.78, 5) is 2.38.